The van der Waals surface area contributed by atoms with E-state index in [1.165, 1.54) is 60.3 Å². The fraction of sp³-hybridized carbons (Fsp3) is 0. The van der Waals surface area contributed by atoms with Crippen molar-refractivity contribution in [3.05, 3.63) is 152 Å². The smallest absolute Gasteiger partial charge is 0.135 e. The third kappa shape index (κ3) is 3.03. The van der Waals surface area contributed by atoms with Gasteiger partial charge in [0, 0.05) is 49.4 Å². The molecule has 0 atom stereocenters. The van der Waals surface area contributed by atoms with E-state index < -0.39 is 0 Å². The van der Waals surface area contributed by atoms with Crippen LogP contribution in [0.1, 0.15) is 0 Å². The van der Waals surface area contributed by atoms with Crippen molar-refractivity contribution in [2.45, 2.75) is 0 Å². The van der Waals surface area contributed by atoms with Crippen molar-refractivity contribution < 1.29 is 4.42 Å². The summed E-state index contributed by atoms with van der Waals surface area (Å²) in [4.78, 5) is 0. The molecule has 214 valence electrons. The summed E-state index contributed by atoms with van der Waals surface area (Å²) in [6.45, 7) is 0. The zero-order chi connectivity index (χ0) is 29.9. The number of fused-ring (bicyclic) bond motifs is 6. The molecule has 4 heteroatoms. The van der Waals surface area contributed by atoms with E-state index in [9.17, 15) is 0 Å². The zero-order valence-electron chi connectivity index (χ0n) is 24.7. The molecule has 4 aromatic heterocycles. The van der Waals surface area contributed by atoms with Crippen LogP contribution >= 0.6 is 0 Å². The first kappa shape index (κ1) is 24.1. The molecule has 0 fully saturated rings. The van der Waals surface area contributed by atoms with Gasteiger partial charge < -0.3 is 18.1 Å². The minimum atomic E-state index is 0.908. The Bertz CT molecular complexity index is 2900. The molecule has 4 nitrogen and oxygen atoms in total. The van der Waals surface area contributed by atoms with Gasteiger partial charge in [0.2, 0.25) is 0 Å². The standard InChI is InChI=1S/C42H25N3O/c1-2-10-26(11-3-1)43-35-15-8-17-37-41(35)42-36(43)16-9-18-38(42)45(37)27-20-22-34-31(24-27)29-12-4-6-14-33(29)44(34)28-21-23-40-32(25-28)30-13-5-7-19-39(30)46-40/h1-25H. The molecule has 0 bridgehead atoms. The number of nitrogens with zero attached hydrogens (tertiary/aromatic N) is 3. The van der Waals surface area contributed by atoms with E-state index in [2.05, 4.69) is 153 Å². The van der Waals surface area contributed by atoms with Crippen LogP contribution in [0.15, 0.2) is 156 Å². The van der Waals surface area contributed by atoms with Crippen molar-refractivity contribution in [2.24, 2.45) is 0 Å². The minimum Gasteiger partial charge on any atom is -0.456 e. The van der Waals surface area contributed by atoms with Crippen LogP contribution in [0.3, 0.4) is 0 Å². The molecule has 0 aliphatic rings. The predicted molar refractivity (Wildman–Crippen MR) is 190 cm³/mol. The van der Waals surface area contributed by atoms with Crippen LogP contribution < -0.4 is 0 Å². The van der Waals surface area contributed by atoms with Gasteiger partial charge in [-0.25, -0.2) is 0 Å². The van der Waals surface area contributed by atoms with Crippen LogP contribution in [-0.2, 0) is 0 Å². The first-order valence-corrected chi connectivity index (χ1v) is 15.7. The summed E-state index contributed by atoms with van der Waals surface area (Å²) in [5.74, 6) is 0. The van der Waals surface area contributed by atoms with Crippen molar-refractivity contribution in [1.82, 2.24) is 13.7 Å². The van der Waals surface area contributed by atoms with Gasteiger partial charge in [-0.05, 0) is 84.9 Å². The van der Waals surface area contributed by atoms with Gasteiger partial charge in [0.1, 0.15) is 11.2 Å². The van der Waals surface area contributed by atoms with E-state index in [-0.39, 0.29) is 0 Å². The molecular formula is C42H25N3O. The van der Waals surface area contributed by atoms with Gasteiger partial charge in [-0.3, -0.25) is 0 Å². The molecule has 11 rings (SSSR count). The Morgan fingerprint density at radius 3 is 1.54 bits per heavy atom. The average molecular weight is 588 g/mol. The summed E-state index contributed by atoms with van der Waals surface area (Å²) in [6.07, 6.45) is 0. The van der Waals surface area contributed by atoms with Gasteiger partial charge in [-0.2, -0.15) is 0 Å². The second-order valence-corrected chi connectivity index (χ2v) is 12.2. The lowest BCUT2D eigenvalue weighted by Crippen LogP contribution is -1.98. The van der Waals surface area contributed by atoms with E-state index in [1.807, 2.05) is 12.1 Å². The van der Waals surface area contributed by atoms with Gasteiger partial charge in [0.15, 0.2) is 0 Å². The predicted octanol–water partition coefficient (Wildman–Crippen LogP) is 11.2. The lowest BCUT2D eigenvalue weighted by atomic mass is 10.1. The molecule has 46 heavy (non-hydrogen) atoms. The van der Waals surface area contributed by atoms with Crippen LogP contribution in [0.25, 0.3) is 93.6 Å². The Balaban J connectivity index is 1.18. The maximum atomic E-state index is 6.16. The van der Waals surface area contributed by atoms with Crippen molar-refractivity contribution >= 4 is 76.6 Å². The summed E-state index contributed by atoms with van der Waals surface area (Å²) < 4.78 is 13.4. The fourth-order valence-corrected chi connectivity index (χ4v) is 7.94. The number of para-hydroxylation sites is 3. The molecule has 0 aliphatic carbocycles. The molecule has 0 radical (unpaired) electrons. The molecule has 0 saturated heterocycles. The van der Waals surface area contributed by atoms with Gasteiger partial charge in [0.05, 0.1) is 33.1 Å². The molecule has 0 unspecified atom stereocenters. The minimum absolute atomic E-state index is 0.908. The quantitative estimate of drug-likeness (QED) is 0.202. The van der Waals surface area contributed by atoms with E-state index in [0.29, 0.717) is 0 Å². The first-order valence-electron chi connectivity index (χ1n) is 15.7. The van der Waals surface area contributed by atoms with Crippen LogP contribution in [0.5, 0.6) is 0 Å². The molecule has 7 aromatic carbocycles. The van der Waals surface area contributed by atoms with Crippen LogP contribution in [-0.4, -0.2) is 13.7 Å². The SMILES string of the molecule is c1ccc(-n2c3cccc4c3c3c2cccc3n4-c2ccc3c(c2)c2ccccc2n3-c2ccc3oc4ccccc4c3c2)cc1. The van der Waals surface area contributed by atoms with E-state index in [4.69, 9.17) is 4.42 Å². The summed E-state index contributed by atoms with van der Waals surface area (Å²) in [7, 11) is 0. The number of furan rings is 1. The Kier molecular flexibility index (Phi) is 4.55. The summed E-state index contributed by atoms with van der Waals surface area (Å²) in [5.41, 5.74) is 12.6. The third-order valence-electron chi connectivity index (χ3n) is 9.80. The lowest BCUT2D eigenvalue weighted by Gasteiger charge is -2.13. The normalized spacial score (nSPS) is 12.3. The Morgan fingerprint density at radius 2 is 0.804 bits per heavy atom. The second kappa shape index (κ2) is 8.68. The molecule has 0 N–H and O–H groups in total. The average Bonchev–Trinajstić information content (AvgIpc) is 3.85. The highest BCUT2D eigenvalue weighted by atomic mass is 16.3. The largest absolute Gasteiger partial charge is 0.456 e. The van der Waals surface area contributed by atoms with Crippen molar-refractivity contribution in [3.63, 3.8) is 0 Å². The molecule has 0 amide bonds. The van der Waals surface area contributed by atoms with Gasteiger partial charge in [0.25, 0.3) is 0 Å². The maximum absolute atomic E-state index is 6.16. The Hall–Kier alpha value is -6.26. The highest BCUT2D eigenvalue weighted by Crippen LogP contribution is 2.43. The highest BCUT2D eigenvalue weighted by Gasteiger charge is 2.23. The van der Waals surface area contributed by atoms with E-state index in [1.54, 1.807) is 0 Å². The Labute approximate surface area is 262 Å². The number of benzene rings is 7. The third-order valence-corrected chi connectivity index (χ3v) is 9.80. The number of hydrogen-bond donors (Lipinski definition) is 0. The monoisotopic (exact) mass is 587 g/mol. The van der Waals surface area contributed by atoms with Crippen LogP contribution in [0.4, 0.5) is 0 Å². The molecule has 11 aromatic rings. The lowest BCUT2D eigenvalue weighted by molar-refractivity contribution is 0.669. The van der Waals surface area contributed by atoms with E-state index in [0.717, 1.165) is 33.3 Å². The molecule has 4 heterocycles. The van der Waals surface area contributed by atoms with Crippen molar-refractivity contribution in [3.8, 4) is 17.1 Å². The first-order chi connectivity index (χ1) is 22.8. The summed E-state index contributed by atoms with van der Waals surface area (Å²) in [5, 5.41) is 7.35. The van der Waals surface area contributed by atoms with E-state index >= 15 is 0 Å². The summed E-state index contributed by atoms with van der Waals surface area (Å²) in [6, 6.07) is 54.5. The summed E-state index contributed by atoms with van der Waals surface area (Å²) >= 11 is 0. The Morgan fingerprint density at radius 1 is 0.304 bits per heavy atom. The van der Waals surface area contributed by atoms with Crippen LogP contribution in [0, 0.1) is 0 Å². The van der Waals surface area contributed by atoms with Gasteiger partial charge in [-0.1, -0.05) is 66.7 Å². The van der Waals surface area contributed by atoms with Crippen molar-refractivity contribution in [1.29, 1.82) is 0 Å². The molecule has 0 saturated carbocycles. The number of hydrogen-bond acceptors (Lipinski definition) is 1. The van der Waals surface area contributed by atoms with Crippen LogP contribution in [0.2, 0.25) is 0 Å². The van der Waals surface area contributed by atoms with Gasteiger partial charge in [-0.15, -0.1) is 0 Å². The fourth-order valence-electron chi connectivity index (χ4n) is 7.94. The molecular weight excluding hydrogens is 562 g/mol. The second-order valence-electron chi connectivity index (χ2n) is 12.2. The topological polar surface area (TPSA) is 27.9 Å². The van der Waals surface area contributed by atoms with Crippen molar-refractivity contribution in [2.75, 3.05) is 0 Å². The van der Waals surface area contributed by atoms with Gasteiger partial charge >= 0.3 is 0 Å². The number of rotatable bonds is 3. The highest BCUT2D eigenvalue weighted by molar-refractivity contribution is 6.25. The maximum Gasteiger partial charge on any atom is 0.135 e. The number of aromatic nitrogens is 3. The zero-order valence-corrected chi connectivity index (χ0v) is 24.7. The molecule has 0 aliphatic heterocycles. The molecule has 0 spiro atoms.